The summed E-state index contributed by atoms with van der Waals surface area (Å²) in [4.78, 5) is 28.5. The van der Waals surface area contributed by atoms with Crippen molar-refractivity contribution in [3.05, 3.63) is 82.1 Å². The van der Waals surface area contributed by atoms with Gasteiger partial charge in [-0.3, -0.25) is 9.59 Å². The summed E-state index contributed by atoms with van der Waals surface area (Å²) in [7, 11) is 12.7. The van der Waals surface area contributed by atoms with Gasteiger partial charge >= 0.3 is 0 Å². The predicted molar refractivity (Wildman–Crippen MR) is 196 cm³/mol. The summed E-state index contributed by atoms with van der Waals surface area (Å²) in [6.07, 6.45) is 3.20. The van der Waals surface area contributed by atoms with Crippen molar-refractivity contribution in [2.24, 2.45) is 0 Å². The molecule has 274 valence electrons. The normalized spacial score (nSPS) is 12.2. The Hall–Kier alpha value is -4.90. The molecule has 11 heteroatoms. The van der Waals surface area contributed by atoms with E-state index < -0.39 is 0 Å². The zero-order valence-electron chi connectivity index (χ0n) is 31.6. The Bertz CT molecular complexity index is 1650. The lowest BCUT2D eigenvalue weighted by Crippen LogP contribution is -2.26. The third kappa shape index (κ3) is 9.62. The molecule has 0 saturated heterocycles. The van der Waals surface area contributed by atoms with E-state index in [-0.39, 0.29) is 17.8 Å². The summed E-state index contributed by atoms with van der Waals surface area (Å²) < 4.78 is 34.5. The van der Waals surface area contributed by atoms with Crippen molar-refractivity contribution < 1.29 is 43.1 Å². The van der Waals surface area contributed by atoms with Crippen molar-refractivity contribution in [1.29, 1.82) is 0 Å². The molecule has 0 spiro atoms. The van der Waals surface area contributed by atoms with Gasteiger partial charge < -0.3 is 43.0 Å². The monoisotopic (exact) mass is 694 g/mol. The van der Waals surface area contributed by atoms with E-state index in [0.717, 1.165) is 11.8 Å². The van der Waals surface area contributed by atoms with Crippen molar-refractivity contribution in [3.8, 4) is 34.1 Å². The van der Waals surface area contributed by atoms with Crippen LogP contribution in [0.2, 0.25) is 0 Å². The molecule has 2 aromatic carbocycles. The number of benzene rings is 2. The molecule has 0 saturated carbocycles. The molecule has 0 bridgehead atoms. The first-order chi connectivity index (χ1) is 24.0. The molecular weight excluding hydrogens is 640 g/mol. The Morgan fingerprint density at radius 3 is 1.98 bits per heavy atom. The predicted octanol–water partition coefficient (Wildman–Crippen LogP) is 7.30. The van der Waals surface area contributed by atoms with E-state index in [1.807, 2.05) is 52.0 Å². The number of aliphatic hydroxyl groups excluding tert-OH is 1. The summed E-state index contributed by atoms with van der Waals surface area (Å²) in [5, 5.41) is 11.0. The van der Waals surface area contributed by atoms with Gasteiger partial charge in [0.1, 0.15) is 23.3 Å². The number of nitrogens with zero attached hydrogens (tertiary/aromatic N) is 2. The first-order valence-corrected chi connectivity index (χ1v) is 16.5. The number of aromatic nitrogens is 1. The molecule has 1 N–H and O–H groups in total. The Labute approximate surface area is 297 Å². The number of carbonyl (C=O) groups excluding carboxylic acids is 2. The van der Waals surface area contributed by atoms with Gasteiger partial charge in [0.25, 0.3) is 5.91 Å². The van der Waals surface area contributed by atoms with Crippen LogP contribution in [0.4, 0.5) is 0 Å². The number of aryl methyl sites for hydroxylation is 1. The molecule has 0 radical (unpaired) electrons. The zero-order valence-corrected chi connectivity index (χ0v) is 31.6. The molecule has 1 heterocycles. The lowest BCUT2D eigenvalue weighted by Gasteiger charge is -2.17. The number of aldehydes is 1. The van der Waals surface area contributed by atoms with Crippen molar-refractivity contribution in [2.45, 2.75) is 59.6 Å². The second kappa shape index (κ2) is 19.9. The van der Waals surface area contributed by atoms with Crippen LogP contribution in [0.25, 0.3) is 11.1 Å². The average molecular weight is 695 g/mol. The number of ether oxygens (including phenoxy) is 6. The van der Waals surface area contributed by atoms with Gasteiger partial charge in [-0.15, -0.1) is 0 Å². The van der Waals surface area contributed by atoms with Crippen LogP contribution in [0, 0.1) is 0 Å². The van der Waals surface area contributed by atoms with E-state index in [4.69, 9.17) is 28.4 Å². The second-order valence-corrected chi connectivity index (χ2v) is 11.4. The summed E-state index contributed by atoms with van der Waals surface area (Å²) in [5.74, 6) is 2.44. The standard InChI is InChI=1S/C37H48N2O9.C2H6/c1-23(29(41)21-32(46-8)24(2)43-5)11-14-27-28(22-40)39(18-17-25-12-15-30(44-6)33(19-25)47-9)36(37(42)38(3)4)35(27)26-13-16-31(45-7)34(20-26)48-10;1-2/h12-13,15-16,19-22,24,41H,11,14,17-18H2,1-10H3;1-2H3/b29-23-,32-21+;. The lowest BCUT2D eigenvalue weighted by atomic mass is 9.94. The summed E-state index contributed by atoms with van der Waals surface area (Å²) in [5.41, 5.74) is 4.31. The molecular formula is C39H54N2O9. The number of aliphatic hydroxyl groups is 1. The van der Waals surface area contributed by atoms with Crippen LogP contribution in [0.5, 0.6) is 23.0 Å². The summed E-state index contributed by atoms with van der Waals surface area (Å²) in [6.45, 7) is 7.96. The fourth-order valence-electron chi connectivity index (χ4n) is 5.48. The van der Waals surface area contributed by atoms with Crippen LogP contribution < -0.4 is 18.9 Å². The number of hydrogen-bond acceptors (Lipinski definition) is 9. The highest BCUT2D eigenvalue weighted by molar-refractivity contribution is 6.03. The zero-order chi connectivity index (χ0) is 37.5. The summed E-state index contributed by atoms with van der Waals surface area (Å²) in [6, 6.07) is 11.1. The van der Waals surface area contributed by atoms with Crippen LogP contribution in [-0.4, -0.2) is 89.6 Å². The number of methoxy groups -OCH3 is 6. The molecule has 0 aliphatic carbocycles. The first kappa shape index (κ1) is 41.3. The molecule has 3 aromatic rings. The van der Waals surface area contributed by atoms with Gasteiger partial charge in [0.2, 0.25) is 0 Å². The maximum Gasteiger partial charge on any atom is 0.270 e. The third-order valence-corrected chi connectivity index (χ3v) is 8.33. The Kier molecular flexibility index (Phi) is 16.5. The van der Waals surface area contributed by atoms with Gasteiger partial charge in [-0.05, 0) is 79.6 Å². The Morgan fingerprint density at radius 2 is 1.46 bits per heavy atom. The van der Waals surface area contributed by atoms with Gasteiger partial charge in [-0.1, -0.05) is 26.0 Å². The van der Waals surface area contributed by atoms with Crippen LogP contribution in [0.3, 0.4) is 0 Å². The lowest BCUT2D eigenvalue weighted by molar-refractivity contribution is 0.0817. The summed E-state index contributed by atoms with van der Waals surface area (Å²) >= 11 is 0. The highest BCUT2D eigenvalue weighted by Gasteiger charge is 2.29. The third-order valence-electron chi connectivity index (χ3n) is 8.33. The van der Waals surface area contributed by atoms with Crippen molar-refractivity contribution >= 4 is 12.2 Å². The number of amides is 1. The number of allylic oxidation sites excluding steroid dienone is 2. The smallest absolute Gasteiger partial charge is 0.270 e. The maximum absolute atomic E-state index is 14.0. The maximum atomic E-state index is 14.0. The SMILES string of the molecule is CC.CO/C(=C/C(O)=C(\C)CCc1c(-c2ccc(OC)c(OC)c2)c(C(=O)N(C)C)n(CCc2ccc(OC)c(OC)c2)c1C=O)C(C)OC. The number of rotatable bonds is 17. The minimum absolute atomic E-state index is 0.0357. The molecule has 11 nitrogen and oxygen atoms in total. The highest BCUT2D eigenvalue weighted by Crippen LogP contribution is 2.39. The van der Waals surface area contributed by atoms with E-state index >= 15 is 0 Å². The molecule has 3 rings (SSSR count). The van der Waals surface area contributed by atoms with Gasteiger partial charge in [-0.25, -0.2) is 0 Å². The molecule has 1 atom stereocenters. The second-order valence-electron chi connectivity index (χ2n) is 11.4. The van der Waals surface area contributed by atoms with E-state index in [9.17, 15) is 14.7 Å². The van der Waals surface area contributed by atoms with Gasteiger partial charge in [0, 0.05) is 39.4 Å². The van der Waals surface area contributed by atoms with Crippen LogP contribution in [0.15, 0.2) is 59.6 Å². The first-order valence-electron chi connectivity index (χ1n) is 16.5. The minimum Gasteiger partial charge on any atom is -0.508 e. The topological polar surface area (TPSA) is 118 Å². The molecule has 1 amide bonds. The van der Waals surface area contributed by atoms with Gasteiger partial charge in [-0.2, -0.15) is 0 Å². The molecule has 1 aromatic heterocycles. The number of hydrogen-bond donors (Lipinski definition) is 1. The van der Waals surface area contributed by atoms with E-state index in [2.05, 4.69) is 0 Å². The van der Waals surface area contributed by atoms with E-state index in [0.29, 0.717) is 88.2 Å². The van der Waals surface area contributed by atoms with Crippen LogP contribution in [-0.2, 0) is 28.9 Å². The molecule has 0 fully saturated rings. The van der Waals surface area contributed by atoms with Crippen molar-refractivity contribution in [2.75, 3.05) is 56.8 Å². The molecule has 50 heavy (non-hydrogen) atoms. The average Bonchev–Trinajstić information content (AvgIpc) is 3.46. The van der Waals surface area contributed by atoms with Crippen LogP contribution in [0.1, 0.15) is 66.2 Å². The van der Waals surface area contributed by atoms with E-state index in [1.165, 1.54) is 18.1 Å². The van der Waals surface area contributed by atoms with Crippen LogP contribution >= 0.6 is 0 Å². The van der Waals surface area contributed by atoms with Crippen molar-refractivity contribution in [3.63, 3.8) is 0 Å². The Balaban J connectivity index is 0.00000425. The largest absolute Gasteiger partial charge is 0.508 e. The Morgan fingerprint density at radius 1 is 0.880 bits per heavy atom. The quantitative estimate of drug-likeness (QED) is 0.0882. The molecule has 1 unspecified atom stereocenters. The minimum atomic E-state index is -0.359. The number of carbonyl (C=O) groups is 2. The molecule has 0 aliphatic rings. The highest BCUT2D eigenvalue weighted by atomic mass is 16.5. The van der Waals surface area contributed by atoms with Gasteiger partial charge in [0.15, 0.2) is 29.3 Å². The molecule has 0 aliphatic heterocycles. The fourth-order valence-corrected chi connectivity index (χ4v) is 5.48. The van der Waals surface area contributed by atoms with Gasteiger partial charge in [0.05, 0.1) is 41.2 Å². The fraction of sp³-hybridized carbons (Fsp3) is 0.436. The van der Waals surface area contributed by atoms with Crippen molar-refractivity contribution in [1.82, 2.24) is 9.47 Å². The van der Waals surface area contributed by atoms with E-state index in [1.54, 1.807) is 66.3 Å².